The molecular formula is C12H13ClN2O3. The molecule has 96 valence electrons. The number of halogens is 1. The van der Waals surface area contributed by atoms with Crippen LogP contribution in [-0.4, -0.2) is 15.2 Å². The van der Waals surface area contributed by atoms with E-state index >= 15 is 0 Å². The highest BCUT2D eigenvalue weighted by molar-refractivity contribution is 6.32. The fourth-order valence-corrected chi connectivity index (χ4v) is 1.65. The van der Waals surface area contributed by atoms with E-state index in [4.69, 9.17) is 26.0 Å². The first-order valence-corrected chi connectivity index (χ1v) is 5.94. The summed E-state index contributed by atoms with van der Waals surface area (Å²) < 4.78 is 10.4. The summed E-state index contributed by atoms with van der Waals surface area (Å²) in [7, 11) is 0. The lowest BCUT2D eigenvalue weighted by atomic mass is 10.2. The van der Waals surface area contributed by atoms with Gasteiger partial charge >= 0.3 is 0 Å². The van der Waals surface area contributed by atoms with E-state index in [0.29, 0.717) is 28.9 Å². The zero-order valence-corrected chi connectivity index (χ0v) is 10.6. The summed E-state index contributed by atoms with van der Waals surface area (Å²) in [5, 5.41) is 13.2. The number of aryl methyl sites for hydroxylation is 1. The first-order chi connectivity index (χ1) is 8.72. The number of hydrogen-bond acceptors (Lipinski definition) is 5. The van der Waals surface area contributed by atoms with Gasteiger partial charge in [0, 0.05) is 6.42 Å². The number of nitrogens with zero attached hydrogens (tertiary/aromatic N) is 2. The minimum absolute atomic E-state index is 0.0509. The molecule has 0 amide bonds. The maximum atomic E-state index is 8.96. The van der Waals surface area contributed by atoms with E-state index in [1.165, 1.54) is 0 Å². The van der Waals surface area contributed by atoms with Crippen molar-refractivity contribution in [3.63, 3.8) is 0 Å². The molecule has 0 spiro atoms. The molecule has 2 rings (SSSR count). The van der Waals surface area contributed by atoms with Gasteiger partial charge in [-0.25, -0.2) is 0 Å². The highest BCUT2D eigenvalue weighted by Crippen LogP contribution is 2.26. The number of aliphatic hydroxyl groups is 1. The summed E-state index contributed by atoms with van der Waals surface area (Å²) in [6.45, 7) is 2.08. The molecule has 1 N–H and O–H groups in total. The van der Waals surface area contributed by atoms with Crippen molar-refractivity contribution in [1.82, 2.24) is 10.1 Å². The molecule has 0 radical (unpaired) electrons. The van der Waals surface area contributed by atoms with Crippen LogP contribution in [0.4, 0.5) is 0 Å². The van der Waals surface area contributed by atoms with Gasteiger partial charge in [0.2, 0.25) is 11.7 Å². The molecule has 0 unspecified atom stereocenters. The van der Waals surface area contributed by atoms with Crippen molar-refractivity contribution in [1.29, 1.82) is 0 Å². The topological polar surface area (TPSA) is 68.4 Å². The van der Waals surface area contributed by atoms with E-state index in [2.05, 4.69) is 10.1 Å². The average molecular weight is 269 g/mol. The van der Waals surface area contributed by atoms with E-state index < -0.39 is 0 Å². The molecular weight excluding hydrogens is 256 g/mol. The van der Waals surface area contributed by atoms with E-state index in [0.717, 1.165) is 5.56 Å². The second kappa shape index (κ2) is 5.84. The molecule has 1 aromatic carbocycles. The molecule has 0 fully saturated rings. The minimum Gasteiger partial charge on any atom is -0.484 e. The van der Waals surface area contributed by atoms with Gasteiger partial charge in [0.1, 0.15) is 5.75 Å². The van der Waals surface area contributed by atoms with Crippen LogP contribution in [-0.2, 0) is 19.6 Å². The molecule has 0 bridgehead atoms. The minimum atomic E-state index is -0.0509. The van der Waals surface area contributed by atoms with Crippen LogP contribution >= 0.6 is 11.6 Å². The van der Waals surface area contributed by atoms with Gasteiger partial charge in [0.15, 0.2) is 6.61 Å². The molecule has 0 saturated carbocycles. The molecule has 0 saturated heterocycles. The van der Waals surface area contributed by atoms with Gasteiger partial charge in [-0.3, -0.25) is 0 Å². The summed E-state index contributed by atoms with van der Waals surface area (Å²) >= 11 is 6.01. The molecule has 0 aliphatic rings. The number of aromatic nitrogens is 2. The van der Waals surface area contributed by atoms with Crippen molar-refractivity contribution >= 4 is 11.6 Å². The lowest BCUT2D eigenvalue weighted by Gasteiger charge is -2.06. The SMILES string of the molecule is CCc1nc(COc2ccc(CO)cc2Cl)no1. The van der Waals surface area contributed by atoms with Crippen molar-refractivity contribution in [2.24, 2.45) is 0 Å². The quantitative estimate of drug-likeness (QED) is 0.901. The highest BCUT2D eigenvalue weighted by atomic mass is 35.5. The van der Waals surface area contributed by atoms with E-state index in [1.54, 1.807) is 18.2 Å². The van der Waals surface area contributed by atoms with Gasteiger partial charge in [-0.15, -0.1) is 0 Å². The predicted octanol–water partition coefficient (Wildman–Crippen LogP) is 2.36. The lowest BCUT2D eigenvalue weighted by Crippen LogP contribution is -1.98. The summed E-state index contributed by atoms with van der Waals surface area (Å²) in [6.07, 6.45) is 0.693. The second-order valence-corrected chi connectivity index (χ2v) is 4.08. The van der Waals surface area contributed by atoms with Gasteiger partial charge in [-0.1, -0.05) is 29.7 Å². The van der Waals surface area contributed by atoms with Crippen molar-refractivity contribution in [2.45, 2.75) is 26.6 Å². The molecule has 6 heteroatoms. The third kappa shape index (κ3) is 3.00. The molecule has 18 heavy (non-hydrogen) atoms. The molecule has 5 nitrogen and oxygen atoms in total. The zero-order chi connectivity index (χ0) is 13.0. The van der Waals surface area contributed by atoms with Gasteiger partial charge in [0.05, 0.1) is 11.6 Å². The van der Waals surface area contributed by atoms with Crippen LogP contribution in [0.15, 0.2) is 22.7 Å². The van der Waals surface area contributed by atoms with Gasteiger partial charge in [0.25, 0.3) is 0 Å². The molecule has 0 aliphatic heterocycles. The average Bonchev–Trinajstić information content (AvgIpc) is 2.85. The molecule has 0 aliphatic carbocycles. The number of rotatable bonds is 5. The van der Waals surface area contributed by atoms with Crippen molar-refractivity contribution < 1.29 is 14.4 Å². The Balaban J connectivity index is 2.01. The second-order valence-electron chi connectivity index (χ2n) is 3.67. The molecule has 0 atom stereocenters. The molecule has 1 heterocycles. The monoisotopic (exact) mass is 268 g/mol. The van der Waals surface area contributed by atoms with Crippen LogP contribution in [0.2, 0.25) is 5.02 Å². The molecule has 2 aromatic rings. The fraction of sp³-hybridized carbons (Fsp3) is 0.333. The van der Waals surface area contributed by atoms with Gasteiger partial charge in [-0.05, 0) is 17.7 Å². The lowest BCUT2D eigenvalue weighted by molar-refractivity contribution is 0.278. The Kier molecular flexibility index (Phi) is 4.17. The van der Waals surface area contributed by atoms with Crippen molar-refractivity contribution in [3.05, 3.63) is 40.5 Å². The van der Waals surface area contributed by atoms with Gasteiger partial charge < -0.3 is 14.4 Å². The van der Waals surface area contributed by atoms with E-state index in [-0.39, 0.29) is 13.2 Å². The smallest absolute Gasteiger partial charge is 0.226 e. The Bertz CT molecular complexity index is 528. The van der Waals surface area contributed by atoms with Crippen molar-refractivity contribution in [3.8, 4) is 5.75 Å². The predicted molar refractivity (Wildman–Crippen MR) is 65.4 cm³/mol. The fourth-order valence-electron chi connectivity index (χ4n) is 1.39. The number of hydrogen-bond donors (Lipinski definition) is 1. The first-order valence-electron chi connectivity index (χ1n) is 5.56. The summed E-state index contributed by atoms with van der Waals surface area (Å²) in [5.74, 6) is 1.58. The maximum absolute atomic E-state index is 8.96. The van der Waals surface area contributed by atoms with Crippen molar-refractivity contribution in [2.75, 3.05) is 0 Å². The van der Waals surface area contributed by atoms with Gasteiger partial charge in [-0.2, -0.15) is 4.98 Å². The Morgan fingerprint density at radius 1 is 1.44 bits per heavy atom. The number of benzene rings is 1. The Hall–Kier alpha value is -1.59. The first kappa shape index (κ1) is 12.9. The zero-order valence-electron chi connectivity index (χ0n) is 9.89. The van der Waals surface area contributed by atoms with Crippen LogP contribution in [0.1, 0.15) is 24.2 Å². The third-order valence-corrected chi connectivity index (χ3v) is 2.64. The van der Waals surface area contributed by atoms with Crippen LogP contribution < -0.4 is 4.74 Å². The summed E-state index contributed by atoms with van der Waals surface area (Å²) in [5.41, 5.74) is 0.736. The Morgan fingerprint density at radius 2 is 2.28 bits per heavy atom. The van der Waals surface area contributed by atoms with E-state index in [1.807, 2.05) is 6.92 Å². The van der Waals surface area contributed by atoms with Crippen LogP contribution in [0.5, 0.6) is 5.75 Å². The summed E-state index contributed by atoms with van der Waals surface area (Å²) in [4.78, 5) is 4.12. The standard InChI is InChI=1S/C12H13ClN2O3/c1-2-12-14-11(15-18-12)7-17-10-4-3-8(6-16)5-9(10)13/h3-5,16H,2,6-7H2,1H3. The Morgan fingerprint density at radius 3 is 2.89 bits per heavy atom. The highest BCUT2D eigenvalue weighted by Gasteiger charge is 2.07. The number of aliphatic hydroxyl groups excluding tert-OH is 1. The third-order valence-electron chi connectivity index (χ3n) is 2.35. The Labute approximate surface area is 109 Å². The van der Waals surface area contributed by atoms with Crippen LogP contribution in [0.3, 0.4) is 0 Å². The summed E-state index contributed by atoms with van der Waals surface area (Å²) in [6, 6.07) is 5.11. The number of ether oxygens (including phenoxy) is 1. The largest absolute Gasteiger partial charge is 0.484 e. The van der Waals surface area contributed by atoms with Crippen LogP contribution in [0.25, 0.3) is 0 Å². The normalized spacial score (nSPS) is 10.6. The van der Waals surface area contributed by atoms with E-state index in [9.17, 15) is 0 Å². The van der Waals surface area contributed by atoms with Crippen LogP contribution in [0, 0.1) is 0 Å². The maximum Gasteiger partial charge on any atom is 0.226 e. The molecule has 1 aromatic heterocycles.